The van der Waals surface area contributed by atoms with Crippen molar-refractivity contribution in [3.05, 3.63) is 29.8 Å². The summed E-state index contributed by atoms with van der Waals surface area (Å²) in [6, 6.07) is 7.79. The van der Waals surface area contributed by atoms with Crippen molar-refractivity contribution in [2.75, 3.05) is 13.2 Å². The van der Waals surface area contributed by atoms with Crippen LogP contribution in [0.4, 0.5) is 0 Å². The third kappa shape index (κ3) is 2.53. The van der Waals surface area contributed by atoms with Crippen molar-refractivity contribution in [1.82, 2.24) is 5.48 Å². The molecule has 0 aliphatic heterocycles. The van der Waals surface area contributed by atoms with Gasteiger partial charge in [0.05, 0.1) is 6.54 Å². The van der Waals surface area contributed by atoms with Gasteiger partial charge in [-0.2, -0.15) is 0 Å². The summed E-state index contributed by atoms with van der Waals surface area (Å²) in [7, 11) is 0. The summed E-state index contributed by atoms with van der Waals surface area (Å²) in [4.78, 5) is 0. The molecule has 3 nitrogen and oxygen atoms in total. The van der Waals surface area contributed by atoms with Crippen LogP contribution >= 0.6 is 0 Å². The molecule has 12 heavy (non-hydrogen) atoms. The Labute approximate surface area is 71.9 Å². The zero-order chi connectivity index (χ0) is 8.81. The van der Waals surface area contributed by atoms with Gasteiger partial charge in [-0.3, -0.25) is 0 Å². The molecular formula is C9H13NO2. The molecule has 1 aromatic rings. The lowest BCUT2D eigenvalue weighted by Crippen LogP contribution is -2.16. The summed E-state index contributed by atoms with van der Waals surface area (Å²) in [6.07, 6.45) is 0. The highest BCUT2D eigenvalue weighted by atomic mass is 16.5. The lowest BCUT2D eigenvalue weighted by atomic mass is 10.2. The van der Waals surface area contributed by atoms with Gasteiger partial charge in [0.15, 0.2) is 0 Å². The number of hydrogen-bond acceptors (Lipinski definition) is 3. The third-order valence-corrected chi connectivity index (χ3v) is 1.57. The van der Waals surface area contributed by atoms with Gasteiger partial charge < -0.3 is 9.94 Å². The van der Waals surface area contributed by atoms with Crippen LogP contribution in [0, 0.1) is 6.92 Å². The lowest BCUT2D eigenvalue weighted by molar-refractivity contribution is 0.145. The molecule has 0 atom stereocenters. The maximum absolute atomic E-state index is 8.28. The van der Waals surface area contributed by atoms with Crippen LogP contribution in [0.25, 0.3) is 0 Å². The van der Waals surface area contributed by atoms with E-state index < -0.39 is 0 Å². The molecule has 0 heterocycles. The molecule has 0 amide bonds. The van der Waals surface area contributed by atoms with Gasteiger partial charge in [0, 0.05) is 0 Å². The van der Waals surface area contributed by atoms with E-state index in [-0.39, 0.29) is 0 Å². The summed E-state index contributed by atoms with van der Waals surface area (Å²) in [5.74, 6) is 0.868. The molecule has 2 N–H and O–H groups in total. The van der Waals surface area contributed by atoms with Gasteiger partial charge in [-0.1, -0.05) is 18.2 Å². The standard InChI is InChI=1S/C9H13NO2/c1-8-4-2-3-5-9(8)12-7-6-10-11/h2-5,10-11H,6-7H2,1H3. The first-order valence-corrected chi connectivity index (χ1v) is 3.90. The molecule has 0 aliphatic carbocycles. The Kier molecular flexibility index (Phi) is 3.57. The van der Waals surface area contributed by atoms with Crippen LogP contribution in [0.5, 0.6) is 5.75 Å². The molecule has 0 radical (unpaired) electrons. The number of hydrogen-bond donors (Lipinski definition) is 2. The second kappa shape index (κ2) is 4.74. The average molecular weight is 167 g/mol. The Morgan fingerprint density at radius 2 is 2.17 bits per heavy atom. The summed E-state index contributed by atoms with van der Waals surface area (Å²) in [6.45, 7) is 2.90. The van der Waals surface area contributed by atoms with E-state index in [1.807, 2.05) is 36.7 Å². The summed E-state index contributed by atoms with van der Waals surface area (Å²) >= 11 is 0. The topological polar surface area (TPSA) is 41.5 Å². The minimum Gasteiger partial charge on any atom is -0.492 e. The molecule has 0 fully saturated rings. The highest BCUT2D eigenvalue weighted by Gasteiger charge is 1.95. The molecule has 0 aromatic heterocycles. The van der Waals surface area contributed by atoms with Crippen LogP contribution in [-0.4, -0.2) is 18.4 Å². The van der Waals surface area contributed by atoms with E-state index in [0.29, 0.717) is 13.2 Å². The summed E-state index contributed by atoms with van der Waals surface area (Å²) in [5, 5.41) is 8.28. The van der Waals surface area contributed by atoms with Gasteiger partial charge in [-0.05, 0) is 18.6 Å². The number of nitrogens with one attached hydrogen (secondary N) is 1. The Morgan fingerprint density at radius 3 is 2.83 bits per heavy atom. The van der Waals surface area contributed by atoms with Gasteiger partial charge in [0.25, 0.3) is 0 Å². The Bertz CT molecular complexity index is 238. The maximum atomic E-state index is 8.28. The van der Waals surface area contributed by atoms with Crippen LogP contribution in [0.15, 0.2) is 24.3 Å². The predicted octanol–water partition coefficient (Wildman–Crippen LogP) is 1.35. The van der Waals surface area contributed by atoms with Gasteiger partial charge in [-0.15, -0.1) is 0 Å². The zero-order valence-corrected chi connectivity index (χ0v) is 7.08. The Balaban J connectivity index is 2.46. The van der Waals surface area contributed by atoms with Gasteiger partial charge in [-0.25, -0.2) is 5.48 Å². The number of aryl methyl sites for hydroxylation is 1. The molecule has 66 valence electrons. The van der Waals surface area contributed by atoms with E-state index in [1.54, 1.807) is 0 Å². The molecule has 0 aliphatic rings. The quantitative estimate of drug-likeness (QED) is 0.525. The number of hydroxylamine groups is 1. The van der Waals surface area contributed by atoms with E-state index >= 15 is 0 Å². The highest BCUT2D eigenvalue weighted by Crippen LogP contribution is 2.15. The minimum absolute atomic E-state index is 0.439. The molecule has 3 heteroatoms. The fraction of sp³-hybridized carbons (Fsp3) is 0.333. The van der Waals surface area contributed by atoms with E-state index in [0.717, 1.165) is 11.3 Å². The van der Waals surface area contributed by atoms with Crippen molar-refractivity contribution in [3.63, 3.8) is 0 Å². The van der Waals surface area contributed by atoms with Crippen molar-refractivity contribution in [2.24, 2.45) is 0 Å². The number of benzene rings is 1. The molecule has 0 bridgehead atoms. The van der Waals surface area contributed by atoms with Crippen molar-refractivity contribution in [3.8, 4) is 5.75 Å². The normalized spacial score (nSPS) is 9.83. The Hall–Kier alpha value is -1.06. The second-order valence-electron chi connectivity index (χ2n) is 2.52. The van der Waals surface area contributed by atoms with Crippen molar-refractivity contribution in [1.29, 1.82) is 0 Å². The molecule has 0 spiro atoms. The van der Waals surface area contributed by atoms with E-state index in [4.69, 9.17) is 9.94 Å². The fourth-order valence-electron chi connectivity index (χ4n) is 0.925. The van der Waals surface area contributed by atoms with E-state index in [1.165, 1.54) is 0 Å². The minimum atomic E-state index is 0.439. The largest absolute Gasteiger partial charge is 0.492 e. The first-order chi connectivity index (χ1) is 5.84. The smallest absolute Gasteiger partial charge is 0.122 e. The number of rotatable bonds is 4. The number of ether oxygens (including phenoxy) is 1. The monoisotopic (exact) mass is 167 g/mol. The van der Waals surface area contributed by atoms with Crippen molar-refractivity contribution < 1.29 is 9.94 Å². The van der Waals surface area contributed by atoms with E-state index in [2.05, 4.69) is 0 Å². The van der Waals surface area contributed by atoms with Crippen LogP contribution in [-0.2, 0) is 0 Å². The van der Waals surface area contributed by atoms with Crippen LogP contribution < -0.4 is 10.2 Å². The third-order valence-electron chi connectivity index (χ3n) is 1.57. The first kappa shape index (κ1) is 9.03. The van der Waals surface area contributed by atoms with Gasteiger partial charge in [0.2, 0.25) is 0 Å². The van der Waals surface area contributed by atoms with Crippen molar-refractivity contribution in [2.45, 2.75) is 6.92 Å². The SMILES string of the molecule is Cc1ccccc1OCCNO. The average Bonchev–Trinajstić information content (AvgIpc) is 2.09. The van der Waals surface area contributed by atoms with Crippen molar-refractivity contribution >= 4 is 0 Å². The second-order valence-corrected chi connectivity index (χ2v) is 2.52. The van der Waals surface area contributed by atoms with Gasteiger partial charge in [0.1, 0.15) is 12.4 Å². The summed E-state index contributed by atoms with van der Waals surface area (Å²) in [5.41, 5.74) is 3.14. The van der Waals surface area contributed by atoms with E-state index in [9.17, 15) is 0 Å². The molecule has 0 saturated carbocycles. The van der Waals surface area contributed by atoms with Crippen LogP contribution in [0.1, 0.15) is 5.56 Å². The first-order valence-electron chi connectivity index (χ1n) is 3.90. The molecular weight excluding hydrogens is 154 g/mol. The fourth-order valence-corrected chi connectivity index (χ4v) is 0.925. The summed E-state index contributed by atoms with van der Waals surface area (Å²) < 4.78 is 5.35. The maximum Gasteiger partial charge on any atom is 0.122 e. The Morgan fingerprint density at radius 1 is 1.42 bits per heavy atom. The number of para-hydroxylation sites is 1. The molecule has 1 rings (SSSR count). The zero-order valence-electron chi connectivity index (χ0n) is 7.08. The lowest BCUT2D eigenvalue weighted by Gasteiger charge is -2.07. The van der Waals surface area contributed by atoms with Crippen LogP contribution in [0.3, 0.4) is 0 Å². The van der Waals surface area contributed by atoms with Crippen LogP contribution in [0.2, 0.25) is 0 Å². The van der Waals surface area contributed by atoms with Gasteiger partial charge >= 0.3 is 0 Å². The predicted molar refractivity (Wildman–Crippen MR) is 46.5 cm³/mol. The molecule has 0 unspecified atom stereocenters. The molecule has 0 saturated heterocycles. The highest BCUT2D eigenvalue weighted by molar-refractivity contribution is 5.31. The molecule has 1 aromatic carbocycles.